The van der Waals surface area contributed by atoms with Crippen LogP contribution in [-0.4, -0.2) is 9.97 Å². The van der Waals surface area contributed by atoms with Gasteiger partial charge in [-0.1, -0.05) is 11.6 Å². The van der Waals surface area contributed by atoms with Crippen molar-refractivity contribution in [2.45, 2.75) is 6.92 Å². The average molecular weight is 345 g/mol. The third-order valence-electron chi connectivity index (χ3n) is 4.17. The first-order valence-corrected chi connectivity index (χ1v) is 7.63. The molecule has 0 radical (unpaired) electrons. The van der Waals surface area contributed by atoms with Crippen LogP contribution in [0, 0.1) is 18.6 Å². The summed E-state index contributed by atoms with van der Waals surface area (Å²) in [6, 6.07) is 8.31. The van der Waals surface area contributed by atoms with Crippen molar-refractivity contribution in [2.75, 3.05) is 0 Å². The molecule has 0 fully saturated rings. The van der Waals surface area contributed by atoms with E-state index in [9.17, 15) is 13.6 Å². The third kappa shape index (κ3) is 2.12. The fourth-order valence-electron chi connectivity index (χ4n) is 3.12. The minimum Gasteiger partial charge on any atom is -0.354 e. The number of rotatable bonds is 1. The van der Waals surface area contributed by atoms with Gasteiger partial charge in [0.25, 0.3) is 0 Å². The highest BCUT2D eigenvalue weighted by Gasteiger charge is 2.17. The quantitative estimate of drug-likeness (QED) is 0.506. The van der Waals surface area contributed by atoms with E-state index in [0.29, 0.717) is 21.6 Å². The number of aromatic nitrogens is 2. The van der Waals surface area contributed by atoms with Gasteiger partial charge in [0, 0.05) is 34.0 Å². The molecule has 24 heavy (non-hydrogen) atoms. The van der Waals surface area contributed by atoms with E-state index in [2.05, 4.69) is 9.97 Å². The molecule has 0 aliphatic rings. The molecule has 4 aromatic rings. The highest BCUT2D eigenvalue weighted by molar-refractivity contribution is 6.37. The van der Waals surface area contributed by atoms with Gasteiger partial charge in [-0.3, -0.25) is 4.79 Å². The van der Waals surface area contributed by atoms with Crippen LogP contribution in [0.25, 0.3) is 33.1 Å². The molecule has 2 aromatic heterocycles. The van der Waals surface area contributed by atoms with Crippen molar-refractivity contribution in [3.8, 4) is 11.3 Å². The fraction of sp³-hybridized carbons (Fsp3) is 0.0556. The minimum atomic E-state index is -0.645. The van der Waals surface area contributed by atoms with E-state index in [1.54, 1.807) is 12.1 Å². The van der Waals surface area contributed by atoms with E-state index < -0.39 is 11.6 Å². The molecule has 3 nitrogen and oxygen atoms in total. The molecule has 6 heteroatoms. The van der Waals surface area contributed by atoms with Crippen LogP contribution >= 0.6 is 11.6 Å². The predicted molar refractivity (Wildman–Crippen MR) is 91.5 cm³/mol. The number of aryl methyl sites for hydroxylation is 1. The molecule has 0 amide bonds. The van der Waals surface area contributed by atoms with Gasteiger partial charge in [-0.05, 0) is 36.8 Å². The van der Waals surface area contributed by atoms with Crippen LogP contribution in [0.3, 0.4) is 0 Å². The first kappa shape index (κ1) is 14.9. The molecule has 2 N–H and O–H groups in total. The summed E-state index contributed by atoms with van der Waals surface area (Å²) in [6.07, 6.45) is 0. The van der Waals surface area contributed by atoms with Gasteiger partial charge < -0.3 is 9.97 Å². The molecule has 0 atom stereocenters. The zero-order valence-electron chi connectivity index (χ0n) is 12.5. The summed E-state index contributed by atoms with van der Waals surface area (Å²) in [6.45, 7) is 1.83. The summed E-state index contributed by atoms with van der Waals surface area (Å²) < 4.78 is 27.3. The van der Waals surface area contributed by atoms with Gasteiger partial charge in [0.15, 0.2) is 0 Å². The summed E-state index contributed by atoms with van der Waals surface area (Å²) in [5.41, 5.74) is 2.68. The number of aromatic amines is 2. The Labute approximate surface area is 139 Å². The Morgan fingerprint density at radius 1 is 0.958 bits per heavy atom. The first-order chi connectivity index (χ1) is 11.5. The van der Waals surface area contributed by atoms with Gasteiger partial charge >= 0.3 is 0 Å². The Bertz CT molecular complexity index is 1180. The topological polar surface area (TPSA) is 48.6 Å². The largest absolute Gasteiger partial charge is 0.354 e. The zero-order valence-corrected chi connectivity index (χ0v) is 13.3. The van der Waals surface area contributed by atoms with Gasteiger partial charge in [0.1, 0.15) is 11.6 Å². The zero-order chi connectivity index (χ0) is 17.0. The number of fused-ring (bicyclic) bond motifs is 3. The van der Waals surface area contributed by atoms with Crippen LogP contribution in [0.5, 0.6) is 0 Å². The molecule has 2 aromatic carbocycles. The van der Waals surface area contributed by atoms with E-state index in [0.717, 1.165) is 22.5 Å². The number of halogens is 3. The molecular formula is C18H11ClF2N2O. The maximum Gasteiger partial charge on any atom is 0.249 e. The second kappa shape index (κ2) is 5.18. The lowest BCUT2D eigenvalue weighted by molar-refractivity contribution is 0.585. The lowest BCUT2D eigenvalue weighted by Gasteiger charge is -2.04. The summed E-state index contributed by atoms with van der Waals surface area (Å²) in [5, 5.41) is 1.82. The molecule has 0 aliphatic carbocycles. The number of benzene rings is 2. The van der Waals surface area contributed by atoms with Gasteiger partial charge in [0.2, 0.25) is 5.56 Å². The van der Waals surface area contributed by atoms with Gasteiger partial charge in [-0.25, -0.2) is 8.78 Å². The third-order valence-corrected chi connectivity index (χ3v) is 4.47. The van der Waals surface area contributed by atoms with E-state index in [-0.39, 0.29) is 11.1 Å². The Balaban J connectivity index is 2.12. The summed E-state index contributed by atoms with van der Waals surface area (Å²) in [7, 11) is 0. The summed E-state index contributed by atoms with van der Waals surface area (Å²) in [5.74, 6) is -1.27. The van der Waals surface area contributed by atoms with Crippen molar-refractivity contribution in [3.05, 3.63) is 69.0 Å². The number of nitrogens with one attached hydrogen (secondary N) is 2. The summed E-state index contributed by atoms with van der Waals surface area (Å²) in [4.78, 5) is 17.5. The van der Waals surface area contributed by atoms with Gasteiger partial charge in [0.05, 0.1) is 16.2 Å². The molecule has 4 rings (SSSR count). The standard InChI is InChI=1S/C18H11ClF2N2O/c1-8-16-13(4-5-14-17(16)11(19)7-15(24)22-14)23-18(8)10-3-2-9(20)6-12(10)21/h2-7,23H,1H3,(H,22,24). The molecule has 2 heterocycles. The Morgan fingerprint density at radius 2 is 1.67 bits per heavy atom. The normalized spacial score (nSPS) is 11.5. The smallest absolute Gasteiger partial charge is 0.249 e. The second-order valence-corrected chi connectivity index (χ2v) is 6.05. The van der Waals surface area contributed by atoms with Crippen molar-refractivity contribution in [3.63, 3.8) is 0 Å². The van der Waals surface area contributed by atoms with Crippen LogP contribution in [-0.2, 0) is 0 Å². The SMILES string of the molecule is Cc1c(-c2ccc(F)cc2F)[nH]c2ccc3[nH]c(=O)cc(Cl)c3c12. The number of pyridine rings is 1. The number of H-pyrrole nitrogens is 2. The van der Waals surface area contributed by atoms with Crippen LogP contribution in [0.1, 0.15) is 5.56 Å². The second-order valence-electron chi connectivity index (χ2n) is 5.64. The molecule has 0 aliphatic heterocycles. The maximum absolute atomic E-state index is 14.2. The Kier molecular flexibility index (Phi) is 3.21. The molecule has 120 valence electrons. The molecular weight excluding hydrogens is 334 g/mol. The Morgan fingerprint density at radius 3 is 2.38 bits per heavy atom. The molecule has 0 saturated heterocycles. The first-order valence-electron chi connectivity index (χ1n) is 7.25. The summed E-state index contributed by atoms with van der Waals surface area (Å²) >= 11 is 6.26. The van der Waals surface area contributed by atoms with E-state index in [1.807, 2.05) is 6.92 Å². The average Bonchev–Trinajstić information content (AvgIpc) is 2.84. The number of hydrogen-bond donors (Lipinski definition) is 2. The van der Waals surface area contributed by atoms with Crippen molar-refractivity contribution in [2.24, 2.45) is 0 Å². The number of hydrogen-bond acceptors (Lipinski definition) is 1. The van der Waals surface area contributed by atoms with Crippen LogP contribution < -0.4 is 5.56 Å². The molecule has 0 saturated carbocycles. The van der Waals surface area contributed by atoms with Gasteiger partial charge in [-0.2, -0.15) is 0 Å². The monoisotopic (exact) mass is 344 g/mol. The van der Waals surface area contributed by atoms with E-state index in [1.165, 1.54) is 18.2 Å². The van der Waals surface area contributed by atoms with Crippen LogP contribution in [0.4, 0.5) is 8.78 Å². The van der Waals surface area contributed by atoms with E-state index >= 15 is 0 Å². The van der Waals surface area contributed by atoms with Gasteiger partial charge in [-0.15, -0.1) is 0 Å². The molecule has 0 unspecified atom stereocenters. The Hall–Kier alpha value is -2.66. The lowest BCUT2D eigenvalue weighted by atomic mass is 10.0. The minimum absolute atomic E-state index is 0.277. The van der Waals surface area contributed by atoms with E-state index in [4.69, 9.17) is 11.6 Å². The van der Waals surface area contributed by atoms with Crippen LogP contribution in [0.2, 0.25) is 5.02 Å². The maximum atomic E-state index is 14.2. The van der Waals surface area contributed by atoms with Crippen molar-refractivity contribution in [1.29, 1.82) is 0 Å². The molecule has 0 bridgehead atoms. The molecule has 0 spiro atoms. The lowest BCUT2D eigenvalue weighted by Crippen LogP contribution is -2.03. The van der Waals surface area contributed by atoms with Crippen molar-refractivity contribution >= 4 is 33.4 Å². The van der Waals surface area contributed by atoms with Crippen molar-refractivity contribution < 1.29 is 8.78 Å². The highest BCUT2D eigenvalue weighted by Crippen LogP contribution is 2.37. The van der Waals surface area contributed by atoms with Crippen molar-refractivity contribution in [1.82, 2.24) is 9.97 Å². The predicted octanol–water partition coefficient (Wildman–Crippen LogP) is 4.92. The van der Waals surface area contributed by atoms with Crippen LogP contribution in [0.15, 0.2) is 41.2 Å². The fourth-order valence-corrected chi connectivity index (χ4v) is 3.42. The highest BCUT2D eigenvalue weighted by atomic mass is 35.5.